The fourth-order valence-corrected chi connectivity index (χ4v) is 2.50. The van der Waals surface area contributed by atoms with Crippen molar-refractivity contribution < 1.29 is 18.0 Å². The van der Waals surface area contributed by atoms with Crippen molar-refractivity contribution in [2.75, 3.05) is 31.1 Å². The molecular formula is C13H15ClF3N3O. The van der Waals surface area contributed by atoms with E-state index in [2.05, 4.69) is 4.98 Å². The van der Waals surface area contributed by atoms with E-state index in [1.807, 2.05) is 0 Å². The van der Waals surface area contributed by atoms with Crippen molar-refractivity contribution in [3.05, 3.63) is 22.8 Å². The third-order valence-corrected chi connectivity index (χ3v) is 3.66. The van der Waals surface area contributed by atoms with E-state index in [1.165, 1.54) is 0 Å². The van der Waals surface area contributed by atoms with Crippen molar-refractivity contribution >= 4 is 23.3 Å². The molecule has 0 atom stereocenters. The van der Waals surface area contributed by atoms with E-state index in [9.17, 15) is 18.0 Å². The van der Waals surface area contributed by atoms with Gasteiger partial charge in [-0.15, -0.1) is 0 Å². The number of pyridine rings is 1. The van der Waals surface area contributed by atoms with Gasteiger partial charge >= 0.3 is 6.18 Å². The fraction of sp³-hybridized carbons (Fsp3) is 0.538. The summed E-state index contributed by atoms with van der Waals surface area (Å²) in [5.74, 6) is 0.398. The van der Waals surface area contributed by atoms with Gasteiger partial charge in [0.05, 0.1) is 10.6 Å². The number of hydrogen-bond acceptors (Lipinski definition) is 3. The summed E-state index contributed by atoms with van der Waals surface area (Å²) in [7, 11) is 0. The molecule has 0 unspecified atom stereocenters. The maximum atomic E-state index is 12.6. The average Bonchev–Trinajstić information content (AvgIpc) is 2.45. The van der Waals surface area contributed by atoms with Crippen LogP contribution in [0.1, 0.15) is 18.9 Å². The second-order valence-electron chi connectivity index (χ2n) is 4.75. The second kappa shape index (κ2) is 6.09. The van der Waals surface area contributed by atoms with Gasteiger partial charge < -0.3 is 9.80 Å². The van der Waals surface area contributed by atoms with Crippen LogP contribution in [0.25, 0.3) is 0 Å². The predicted octanol–water partition coefficient (Wildman–Crippen LogP) is 2.81. The molecule has 2 rings (SSSR count). The molecule has 1 fully saturated rings. The number of hydrogen-bond donors (Lipinski definition) is 0. The normalized spacial score (nSPS) is 16.2. The van der Waals surface area contributed by atoms with E-state index in [0.717, 1.165) is 12.3 Å². The average molecular weight is 322 g/mol. The van der Waals surface area contributed by atoms with Crippen LogP contribution in [0.15, 0.2) is 12.3 Å². The Kier molecular flexibility index (Phi) is 4.61. The van der Waals surface area contributed by atoms with Crippen molar-refractivity contribution in [3.8, 4) is 0 Å². The minimum Gasteiger partial charge on any atom is -0.352 e. The van der Waals surface area contributed by atoms with Gasteiger partial charge in [0.15, 0.2) is 0 Å². The zero-order valence-corrected chi connectivity index (χ0v) is 12.2. The van der Waals surface area contributed by atoms with Crippen LogP contribution in [-0.2, 0) is 11.0 Å². The number of rotatable bonds is 2. The van der Waals surface area contributed by atoms with Gasteiger partial charge in [0.1, 0.15) is 5.82 Å². The molecule has 0 aliphatic carbocycles. The third-order valence-electron chi connectivity index (χ3n) is 3.38. The molecule has 1 aromatic rings. The topological polar surface area (TPSA) is 36.4 Å². The lowest BCUT2D eigenvalue weighted by molar-refractivity contribution is -0.137. The molecule has 0 radical (unpaired) electrons. The Labute approximate surface area is 125 Å². The maximum Gasteiger partial charge on any atom is 0.417 e. The lowest BCUT2D eigenvalue weighted by Crippen LogP contribution is -2.49. The van der Waals surface area contributed by atoms with Gasteiger partial charge in [-0.05, 0) is 6.07 Å². The molecule has 1 saturated heterocycles. The summed E-state index contributed by atoms with van der Waals surface area (Å²) in [5.41, 5.74) is -0.865. The number of carbonyl (C=O) groups excluding carboxylic acids is 1. The van der Waals surface area contributed by atoms with E-state index in [0.29, 0.717) is 38.4 Å². The van der Waals surface area contributed by atoms with Crippen molar-refractivity contribution in [1.29, 1.82) is 0 Å². The number of piperazine rings is 1. The minimum absolute atomic E-state index is 0.0277. The van der Waals surface area contributed by atoms with Crippen LogP contribution in [0.5, 0.6) is 0 Å². The summed E-state index contributed by atoms with van der Waals surface area (Å²) in [6.07, 6.45) is -3.23. The summed E-state index contributed by atoms with van der Waals surface area (Å²) >= 11 is 5.91. The molecule has 21 heavy (non-hydrogen) atoms. The molecule has 0 bridgehead atoms. The number of halogens is 4. The summed E-state index contributed by atoms with van der Waals surface area (Å²) in [4.78, 5) is 18.9. The second-order valence-corrected chi connectivity index (χ2v) is 5.16. The first-order valence-electron chi connectivity index (χ1n) is 6.58. The van der Waals surface area contributed by atoms with Crippen LogP contribution in [0.4, 0.5) is 19.0 Å². The Morgan fingerprint density at radius 3 is 2.43 bits per heavy atom. The Balaban J connectivity index is 2.09. The SMILES string of the molecule is CCC(=O)N1CCN(c2ncc(C(F)(F)F)cc2Cl)CC1. The van der Waals surface area contributed by atoms with Gasteiger partial charge in [0.25, 0.3) is 0 Å². The summed E-state index contributed by atoms with van der Waals surface area (Å²) in [6.45, 7) is 3.84. The summed E-state index contributed by atoms with van der Waals surface area (Å²) in [6, 6.07) is 0.882. The zero-order valence-electron chi connectivity index (χ0n) is 11.5. The van der Waals surface area contributed by atoms with E-state index in [1.54, 1.807) is 16.7 Å². The summed E-state index contributed by atoms with van der Waals surface area (Å²) < 4.78 is 37.7. The minimum atomic E-state index is -4.46. The van der Waals surface area contributed by atoms with Gasteiger partial charge in [-0.3, -0.25) is 4.79 Å². The Morgan fingerprint density at radius 1 is 1.33 bits per heavy atom. The van der Waals surface area contributed by atoms with E-state index >= 15 is 0 Å². The first-order valence-corrected chi connectivity index (χ1v) is 6.96. The molecule has 0 saturated carbocycles. The Bertz CT molecular complexity index is 528. The van der Waals surface area contributed by atoms with Crippen LogP contribution in [-0.4, -0.2) is 42.0 Å². The van der Waals surface area contributed by atoms with Crippen molar-refractivity contribution in [1.82, 2.24) is 9.88 Å². The molecule has 0 aromatic carbocycles. The van der Waals surface area contributed by atoms with E-state index in [4.69, 9.17) is 11.6 Å². The molecule has 1 aliphatic heterocycles. The van der Waals surface area contributed by atoms with Crippen molar-refractivity contribution in [3.63, 3.8) is 0 Å². The van der Waals surface area contributed by atoms with Gasteiger partial charge in [-0.25, -0.2) is 4.98 Å². The van der Waals surface area contributed by atoms with E-state index < -0.39 is 11.7 Å². The lowest BCUT2D eigenvalue weighted by atomic mass is 10.2. The van der Waals surface area contributed by atoms with Crippen LogP contribution in [0.3, 0.4) is 0 Å². The predicted molar refractivity (Wildman–Crippen MR) is 73.3 cm³/mol. The molecular weight excluding hydrogens is 307 g/mol. The van der Waals surface area contributed by atoms with Crippen LogP contribution in [0, 0.1) is 0 Å². The van der Waals surface area contributed by atoms with Crippen molar-refractivity contribution in [2.24, 2.45) is 0 Å². The van der Waals surface area contributed by atoms with Gasteiger partial charge in [-0.2, -0.15) is 13.2 Å². The molecule has 4 nitrogen and oxygen atoms in total. The quantitative estimate of drug-likeness (QED) is 0.840. The van der Waals surface area contributed by atoms with Gasteiger partial charge in [0.2, 0.25) is 5.91 Å². The molecule has 1 aromatic heterocycles. The standard InChI is InChI=1S/C13H15ClF3N3O/c1-2-11(21)19-3-5-20(6-4-19)12-10(14)7-9(8-18-12)13(15,16)17/h7-8H,2-6H2,1H3. The number of carbonyl (C=O) groups is 1. The number of alkyl halides is 3. The highest BCUT2D eigenvalue weighted by Gasteiger charge is 2.32. The molecule has 1 amide bonds. The highest BCUT2D eigenvalue weighted by atomic mass is 35.5. The molecule has 0 N–H and O–H groups in total. The largest absolute Gasteiger partial charge is 0.417 e. The molecule has 8 heteroatoms. The molecule has 2 heterocycles. The monoisotopic (exact) mass is 321 g/mol. The molecule has 116 valence electrons. The smallest absolute Gasteiger partial charge is 0.352 e. The van der Waals surface area contributed by atoms with Crippen molar-refractivity contribution in [2.45, 2.75) is 19.5 Å². The first kappa shape index (κ1) is 15.9. The summed E-state index contributed by atoms with van der Waals surface area (Å²) in [5, 5.41) is -0.0277. The zero-order chi connectivity index (χ0) is 15.6. The third kappa shape index (κ3) is 3.58. The van der Waals surface area contributed by atoms with Gasteiger partial charge in [0, 0.05) is 38.8 Å². The highest BCUT2D eigenvalue weighted by Crippen LogP contribution is 2.33. The van der Waals surface area contributed by atoms with Crippen LogP contribution in [0.2, 0.25) is 5.02 Å². The lowest BCUT2D eigenvalue weighted by Gasteiger charge is -2.35. The number of amides is 1. The van der Waals surface area contributed by atoms with Gasteiger partial charge in [-0.1, -0.05) is 18.5 Å². The molecule has 0 spiro atoms. The maximum absolute atomic E-state index is 12.6. The van der Waals surface area contributed by atoms with Crippen LogP contribution >= 0.6 is 11.6 Å². The highest BCUT2D eigenvalue weighted by molar-refractivity contribution is 6.33. The molecule has 1 aliphatic rings. The number of nitrogens with zero attached hydrogens (tertiary/aromatic N) is 3. The Morgan fingerprint density at radius 2 is 1.95 bits per heavy atom. The Hall–Kier alpha value is -1.50. The first-order chi connectivity index (χ1) is 9.82. The van der Waals surface area contributed by atoms with E-state index in [-0.39, 0.29) is 10.9 Å². The van der Waals surface area contributed by atoms with Crippen LogP contribution < -0.4 is 4.90 Å². The number of anilines is 1. The number of aromatic nitrogens is 1. The fourth-order valence-electron chi connectivity index (χ4n) is 2.21.